The molecule has 30 heavy (non-hydrogen) atoms. The molecule has 0 fully saturated rings. The number of nitrogens with one attached hydrogen (secondary N) is 1. The second kappa shape index (κ2) is 10.7. The van der Waals surface area contributed by atoms with Crippen molar-refractivity contribution < 1.29 is 19.0 Å². The fourth-order valence-electron chi connectivity index (χ4n) is 2.61. The first kappa shape index (κ1) is 23.3. The van der Waals surface area contributed by atoms with Crippen molar-refractivity contribution in [3.63, 3.8) is 0 Å². The lowest BCUT2D eigenvalue weighted by Crippen LogP contribution is -2.42. The molecule has 0 aliphatic rings. The van der Waals surface area contributed by atoms with E-state index in [1.165, 1.54) is 0 Å². The highest BCUT2D eigenvalue weighted by Crippen LogP contribution is 2.21. The van der Waals surface area contributed by atoms with Crippen molar-refractivity contribution in [1.29, 1.82) is 0 Å². The Morgan fingerprint density at radius 3 is 2.57 bits per heavy atom. The standard InChI is InChI=1S/C23H33N3O4/c1-7-19-14-24-26(21(19)29-15-17(2)3)13-12-23(4,5)25-22(27)30-16-18-8-10-20(28-6)11-9-18/h8-14,17H,7,15-16H2,1-6H3,(H,25,27). The maximum atomic E-state index is 12.2. The number of benzene rings is 1. The number of hydrogen-bond donors (Lipinski definition) is 1. The number of nitrogens with zero attached hydrogens (tertiary/aromatic N) is 2. The third kappa shape index (κ3) is 7.13. The molecule has 2 rings (SSSR count). The molecular weight excluding hydrogens is 382 g/mol. The second-order valence-corrected chi connectivity index (χ2v) is 8.06. The number of aryl methyl sites for hydroxylation is 1. The zero-order valence-electron chi connectivity index (χ0n) is 18.8. The first-order valence-corrected chi connectivity index (χ1v) is 10.2. The smallest absolute Gasteiger partial charge is 0.408 e. The summed E-state index contributed by atoms with van der Waals surface area (Å²) in [6.45, 7) is 10.8. The van der Waals surface area contributed by atoms with Crippen LogP contribution in [0.4, 0.5) is 4.79 Å². The van der Waals surface area contributed by atoms with Crippen molar-refractivity contribution in [2.45, 2.75) is 53.2 Å². The fourth-order valence-corrected chi connectivity index (χ4v) is 2.61. The van der Waals surface area contributed by atoms with Crippen LogP contribution >= 0.6 is 0 Å². The third-order valence-electron chi connectivity index (χ3n) is 4.34. The van der Waals surface area contributed by atoms with Gasteiger partial charge in [0, 0.05) is 11.8 Å². The van der Waals surface area contributed by atoms with E-state index in [2.05, 4.69) is 31.2 Å². The molecule has 0 bridgehead atoms. The van der Waals surface area contributed by atoms with E-state index in [1.807, 2.05) is 50.4 Å². The highest BCUT2D eigenvalue weighted by Gasteiger charge is 2.19. The molecule has 0 radical (unpaired) electrons. The van der Waals surface area contributed by atoms with E-state index in [4.69, 9.17) is 14.2 Å². The molecule has 2 aromatic rings. The van der Waals surface area contributed by atoms with Crippen LogP contribution < -0.4 is 14.8 Å². The van der Waals surface area contributed by atoms with Crippen LogP contribution in [0.2, 0.25) is 0 Å². The van der Waals surface area contributed by atoms with Crippen molar-refractivity contribution in [2.24, 2.45) is 5.92 Å². The van der Waals surface area contributed by atoms with E-state index in [9.17, 15) is 4.79 Å². The molecule has 1 amide bonds. The van der Waals surface area contributed by atoms with Gasteiger partial charge >= 0.3 is 6.09 Å². The molecule has 0 saturated carbocycles. The summed E-state index contributed by atoms with van der Waals surface area (Å²) in [5.74, 6) is 1.91. The Labute approximate surface area is 179 Å². The number of methoxy groups -OCH3 is 1. The van der Waals surface area contributed by atoms with Crippen LogP contribution in [0.1, 0.15) is 45.7 Å². The van der Waals surface area contributed by atoms with Gasteiger partial charge in [0.15, 0.2) is 0 Å². The van der Waals surface area contributed by atoms with Gasteiger partial charge in [0.1, 0.15) is 12.4 Å². The zero-order chi connectivity index (χ0) is 22.1. The van der Waals surface area contributed by atoms with Crippen LogP contribution in [0.25, 0.3) is 6.20 Å². The van der Waals surface area contributed by atoms with E-state index in [0.717, 1.165) is 29.2 Å². The van der Waals surface area contributed by atoms with Gasteiger partial charge in [-0.1, -0.05) is 32.9 Å². The molecule has 0 unspecified atom stereocenters. The Morgan fingerprint density at radius 1 is 1.27 bits per heavy atom. The largest absolute Gasteiger partial charge is 0.497 e. The summed E-state index contributed by atoms with van der Waals surface area (Å²) in [4.78, 5) is 12.2. The van der Waals surface area contributed by atoms with Crippen LogP contribution in [-0.4, -0.2) is 35.1 Å². The topological polar surface area (TPSA) is 74.6 Å². The Hall–Kier alpha value is -2.96. The van der Waals surface area contributed by atoms with Crippen LogP contribution in [0.5, 0.6) is 11.6 Å². The van der Waals surface area contributed by atoms with Gasteiger partial charge in [-0.05, 0) is 50.0 Å². The van der Waals surface area contributed by atoms with E-state index in [0.29, 0.717) is 12.5 Å². The van der Waals surface area contributed by atoms with Crippen molar-refractivity contribution >= 4 is 12.3 Å². The Bertz CT molecular complexity index is 839. The number of aromatic nitrogens is 2. The highest BCUT2D eigenvalue weighted by atomic mass is 16.5. The van der Waals surface area contributed by atoms with E-state index in [1.54, 1.807) is 18.0 Å². The lowest BCUT2D eigenvalue weighted by atomic mass is 10.1. The molecule has 0 aliphatic carbocycles. The lowest BCUT2D eigenvalue weighted by Gasteiger charge is -2.22. The number of amides is 1. The van der Waals surface area contributed by atoms with Crippen molar-refractivity contribution in [1.82, 2.24) is 15.1 Å². The normalized spacial score (nSPS) is 11.7. The number of carbonyl (C=O) groups excluding carboxylic acids is 1. The summed E-state index contributed by atoms with van der Waals surface area (Å²) in [5, 5.41) is 7.24. The minimum Gasteiger partial charge on any atom is -0.497 e. The first-order valence-electron chi connectivity index (χ1n) is 10.2. The molecule has 0 atom stereocenters. The molecule has 1 N–H and O–H groups in total. The number of alkyl carbamates (subject to hydrolysis) is 1. The maximum Gasteiger partial charge on any atom is 0.408 e. The lowest BCUT2D eigenvalue weighted by molar-refractivity contribution is 0.133. The van der Waals surface area contributed by atoms with Crippen LogP contribution in [0.3, 0.4) is 0 Å². The third-order valence-corrected chi connectivity index (χ3v) is 4.34. The van der Waals surface area contributed by atoms with Crippen LogP contribution in [0.15, 0.2) is 36.5 Å². The molecule has 0 aliphatic heterocycles. The predicted molar refractivity (Wildman–Crippen MR) is 118 cm³/mol. The van der Waals surface area contributed by atoms with Gasteiger partial charge in [-0.15, -0.1) is 0 Å². The fraction of sp³-hybridized carbons (Fsp3) is 0.478. The average molecular weight is 416 g/mol. The Morgan fingerprint density at radius 2 is 1.97 bits per heavy atom. The SMILES string of the molecule is CCc1cnn(C=CC(C)(C)NC(=O)OCc2ccc(OC)cc2)c1OCC(C)C. The monoisotopic (exact) mass is 415 g/mol. The molecule has 0 spiro atoms. The van der Waals surface area contributed by atoms with Crippen LogP contribution in [-0.2, 0) is 17.8 Å². The second-order valence-electron chi connectivity index (χ2n) is 8.06. The summed E-state index contributed by atoms with van der Waals surface area (Å²) in [6, 6.07) is 7.38. The maximum absolute atomic E-state index is 12.2. The van der Waals surface area contributed by atoms with Gasteiger partial charge in [-0.2, -0.15) is 5.10 Å². The number of hydrogen-bond acceptors (Lipinski definition) is 5. The first-order chi connectivity index (χ1) is 14.2. The van der Waals surface area contributed by atoms with E-state index < -0.39 is 11.6 Å². The summed E-state index contributed by atoms with van der Waals surface area (Å²) in [7, 11) is 1.61. The summed E-state index contributed by atoms with van der Waals surface area (Å²) >= 11 is 0. The number of carbonyl (C=O) groups is 1. The van der Waals surface area contributed by atoms with E-state index in [-0.39, 0.29) is 6.61 Å². The molecule has 7 heteroatoms. The molecule has 1 aromatic heterocycles. The van der Waals surface area contributed by atoms with Crippen molar-refractivity contribution in [2.75, 3.05) is 13.7 Å². The molecule has 1 aromatic carbocycles. The van der Waals surface area contributed by atoms with Crippen LogP contribution in [0, 0.1) is 5.92 Å². The van der Waals surface area contributed by atoms with E-state index >= 15 is 0 Å². The van der Waals surface area contributed by atoms with Crippen molar-refractivity contribution in [3.05, 3.63) is 47.7 Å². The summed E-state index contributed by atoms with van der Waals surface area (Å²) in [5.41, 5.74) is 1.30. The Kier molecular flexibility index (Phi) is 8.33. The zero-order valence-corrected chi connectivity index (χ0v) is 18.8. The summed E-state index contributed by atoms with van der Waals surface area (Å²) < 4.78 is 18.1. The Balaban J connectivity index is 1.95. The molecule has 1 heterocycles. The minimum absolute atomic E-state index is 0.182. The molecule has 0 saturated heterocycles. The molecule has 164 valence electrons. The molecule has 7 nitrogen and oxygen atoms in total. The average Bonchev–Trinajstić information content (AvgIpc) is 3.11. The number of ether oxygens (including phenoxy) is 3. The van der Waals surface area contributed by atoms with Gasteiger partial charge in [0.05, 0.1) is 25.5 Å². The van der Waals surface area contributed by atoms with Gasteiger partial charge in [0.25, 0.3) is 0 Å². The quantitative estimate of drug-likeness (QED) is 0.611. The van der Waals surface area contributed by atoms with Gasteiger partial charge in [0.2, 0.25) is 5.88 Å². The van der Waals surface area contributed by atoms with Crippen molar-refractivity contribution in [3.8, 4) is 11.6 Å². The summed E-state index contributed by atoms with van der Waals surface area (Å²) in [6.07, 6.45) is 5.81. The highest BCUT2D eigenvalue weighted by molar-refractivity contribution is 5.68. The van der Waals surface area contributed by atoms with Gasteiger partial charge in [-0.25, -0.2) is 9.48 Å². The minimum atomic E-state index is -0.634. The number of rotatable bonds is 10. The predicted octanol–water partition coefficient (Wildman–Crippen LogP) is 4.66. The van der Waals surface area contributed by atoms with Gasteiger partial charge < -0.3 is 19.5 Å². The van der Waals surface area contributed by atoms with Gasteiger partial charge in [-0.3, -0.25) is 0 Å². The molecular formula is C23H33N3O4.